The molecule has 9 heteroatoms. The number of rotatable bonds is 9. The van der Waals surface area contributed by atoms with Crippen LogP contribution in [0.1, 0.15) is 28.9 Å². The van der Waals surface area contributed by atoms with E-state index in [1.54, 1.807) is 50.0 Å². The van der Waals surface area contributed by atoms with Crippen molar-refractivity contribution in [1.29, 1.82) is 0 Å². The van der Waals surface area contributed by atoms with Gasteiger partial charge in [0.15, 0.2) is 0 Å². The van der Waals surface area contributed by atoms with Gasteiger partial charge in [-0.15, -0.1) is 0 Å². The number of halogens is 1. The first-order valence-electron chi connectivity index (χ1n) is 9.39. The Labute approximate surface area is 173 Å². The van der Waals surface area contributed by atoms with Crippen LogP contribution in [0.2, 0.25) is 0 Å². The molecule has 3 rings (SSSR count). The lowest BCUT2D eigenvalue weighted by Gasteiger charge is -2.17. The van der Waals surface area contributed by atoms with Gasteiger partial charge in [-0.1, -0.05) is 12.1 Å². The number of amides is 1. The van der Waals surface area contributed by atoms with Crippen molar-refractivity contribution in [2.75, 3.05) is 30.9 Å². The van der Waals surface area contributed by atoms with E-state index in [0.29, 0.717) is 36.2 Å². The number of pyridine rings is 1. The largest absolute Gasteiger partial charge is 0.383 e. The molecule has 8 nitrogen and oxygen atoms in total. The molecule has 0 aliphatic rings. The highest BCUT2D eigenvalue weighted by Gasteiger charge is 2.13. The van der Waals surface area contributed by atoms with Gasteiger partial charge in [0.25, 0.3) is 5.91 Å². The molecule has 0 radical (unpaired) electrons. The van der Waals surface area contributed by atoms with Crippen LogP contribution in [-0.2, 0) is 4.74 Å². The lowest BCUT2D eigenvalue weighted by Crippen LogP contribution is -2.27. The van der Waals surface area contributed by atoms with Crippen molar-refractivity contribution >= 4 is 23.4 Å². The average Bonchev–Trinajstić information content (AvgIpc) is 2.75. The first-order chi connectivity index (χ1) is 14.5. The first kappa shape index (κ1) is 21.1. The number of aromatic nitrogens is 3. The van der Waals surface area contributed by atoms with Crippen molar-refractivity contribution < 1.29 is 13.9 Å². The molecule has 156 valence electrons. The fourth-order valence-electron chi connectivity index (χ4n) is 2.72. The third-order valence-electron chi connectivity index (χ3n) is 4.23. The lowest BCUT2D eigenvalue weighted by atomic mass is 10.1. The lowest BCUT2D eigenvalue weighted by molar-refractivity contribution is 0.0937. The fourth-order valence-corrected chi connectivity index (χ4v) is 2.72. The minimum atomic E-state index is -0.297. The number of anilines is 3. The number of hydrogen-bond acceptors (Lipinski definition) is 7. The summed E-state index contributed by atoms with van der Waals surface area (Å²) in [6, 6.07) is 9.34. The highest BCUT2D eigenvalue weighted by atomic mass is 19.1. The Balaban J connectivity index is 1.84. The van der Waals surface area contributed by atoms with Crippen molar-refractivity contribution in [3.8, 4) is 0 Å². The number of ether oxygens (including phenoxy) is 1. The fraction of sp³-hybridized carbons (Fsp3) is 0.238. The van der Waals surface area contributed by atoms with Gasteiger partial charge in [-0.05, 0) is 36.8 Å². The minimum Gasteiger partial charge on any atom is -0.383 e. The van der Waals surface area contributed by atoms with Crippen LogP contribution in [-0.4, -0.2) is 41.1 Å². The summed E-state index contributed by atoms with van der Waals surface area (Å²) in [5.74, 6) is 0.865. The smallest absolute Gasteiger partial charge is 0.251 e. The standard InChI is InChI=1S/C21H23FN6O2/c1-14(15-3-5-17(22)6-4-15)26-18-11-16(21(29)25-9-10-30-2)12-19(27-18)28-20-13-23-7-8-24-20/h3-8,11-14H,9-10H2,1-2H3,(H,25,29)(H2,24,26,27,28). The Morgan fingerprint density at radius 2 is 1.90 bits per heavy atom. The van der Waals surface area contributed by atoms with Gasteiger partial charge in [-0.25, -0.2) is 14.4 Å². The second-order valence-corrected chi connectivity index (χ2v) is 6.51. The normalized spacial score (nSPS) is 11.6. The third-order valence-corrected chi connectivity index (χ3v) is 4.23. The molecule has 0 bridgehead atoms. The van der Waals surface area contributed by atoms with Gasteiger partial charge in [0.2, 0.25) is 0 Å². The van der Waals surface area contributed by atoms with Crippen LogP contribution in [0.15, 0.2) is 55.0 Å². The second kappa shape index (κ2) is 10.3. The number of benzene rings is 1. The van der Waals surface area contributed by atoms with Crippen molar-refractivity contribution in [2.24, 2.45) is 0 Å². The Bertz CT molecular complexity index is 969. The summed E-state index contributed by atoms with van der Waals surface area (Å²) < 4.78 is 18.2. The molecule has 0 saturated carbocycles. The molecule has 0 fully saturated rings. The number of nitrogens with one attached hydrogen (secondary N) is 3. The van der Waals surface area contributed by atoms with Gasteiger partial charge < -0.3 is 20.7 Å². The Hall–Kier alpha value is -3.59. The van der Waals surface area contributed by atoms with Gasteiger partial charge in [0.1, 0.15) is 23.3 Å². The summed E-state index contributed by atoms with van der Waals surface area (Å²) in [5, 5.41) is 9.09. The molecule has 0 spiro atoms. The number of nitrogens with zero attached hydrogens (tertiary/aromatic N) is 3. The Kier molecular flexibility index (Phi) is 7.23. The zero-order valence-electron chi connectivity index (χ0n) is 16.7. The van der Waals surface area contributed by atoms with E-state index in [2.05, 4.69) is 30.9 Å². The second-order valence-electron chi connectivity index (χ2n) is 6.51. The van der Waals surface area contributed by atoms with E-state index < -0.39 is 0 Å². The Morgan fingerprint density at radius 3 is 2.60 bits per heavy atom. The molecule has 1 unspecified atom stereocenters. The molecule has 1 atom stereocenters. The molecular formula is C21H23FN6O2. The van der Waals surface area contributed by atoms with E-state index in [1.165, 1.54) is 12.1 Å². The van der Waals surface area contributed by atoms with Gasteiger partial charge in [-0.3, -0.25) is 9.78 Å². The van der Waals surface area contributed by atoms with Crippen molar-refractivity contribution in [3.05, 3.63) is 71.9 Å². The quantitative estimate of drug-likeness (QED) is 0.465. The Morgan fingerprint density at radius 1 is 1.13 bits per heavy atom. The number of carbonyl (C=O) groups excluding carboxylic acids is 1. The molecule has 3 N–H and O–H groups in total. The summed E-state index contributed by atoms with van der Waals surface area (Å²) in [4.78, 5) is 25.3. The first-order valence-corrected chi connectivity index (χ1v) is 9.39. The third kappa shape index (κ3) is 5.95. The van der Waals surface area contributed by atoms with E-state index in [9.17, 15) is 9.18 Å². The molecule has 30 heavy (non-hydrogen) atoms. The van der Waals surface area contributed by atoms with E-state index in [4.69, 9.17) is 4.74 Å². The van der Waals surface area contributed by atoms with E-state index in [1.807, 2.05) is 6.92 Å². The zero-order valence-corrected chi connectivity index (χ0v) is 16.7. The zero-order chi connectivity index (χ0) is 21.3. The van der Waals surface area contributed by atoms with E-state index in [0.717, 1.165) is 5.56 Å². The number of carbonyl (C=O) groups is 1. The molecular weight excluding hydrogens is 387 g/mol. The number of hydrogen-bond donors (Lipinski definition) is 3. The van der Waals surface area contributed by atoms with E-state index >= 15 is 0 Å². The van der Waals surface area contributed by atoms with Gasteiger partial charge in [0, 0.05) is 37.7 Å². The van der Waals surface area contributed by atoms with Crippen molar-refractivity contribution in [2.45, 2.75) is 13.0 Å². The van der Waals surface area contributed by atoms with Crippen LogP contribution < -0.4 is 16.0 Å². The predicted octanol–water partition coefficient (Wildman–Crippen LogP) is 3.30. The van der Waals surface area contributed by atoms with Gasteiger partial charge in [-0.2, -0.15) is 0 Å². The molecule has 1 amide bonds. The summed E-state index contributed by atoms with van der Waals surface area (Å²) in [7, 11) is 1.57. The predicted molar refractivity (Wildman–Crippen MR) is 112 cm³/mol. The van der Waals surface area contributed by atoms with Gasteiger partial charge >= 0.3 is 0 Å². The maximum atomic E-state index is 13.2. The van der Waals surface area contributed by atoms with Crippen molar-refractivity contribution in [1.82, 2.24) is 20.3 Å². The van der Waals surface area contributed by atoms with Crippen LogP contribution in [0.4, 0.5) is 21.8 Å². The molecule has 2 aromatic heterocycles. The van der Waals surface area contributed by atoms with Crippen LogP contribution >= 0.6 is 0 Å². The maximum Gasteiger partial charge on any atom is 0.251 e. The van der Waals surface area contributed by atoms with Crippen LogP contribution in [0.3, 0.4) is 0 Å². The average molecular weight is 410 g/mol. The highest BCUT2D eigenvalue weighted by molar-refractivity contribution is 5.95. The molecule has 0 aliphatic carbocycles. The molecule has 2 heterocycles. The van der Waals surface area contributed by atoms with Crippen LogP contribution in [0.25, 0.3) is 0 Å². The van der Waals surface area contributed by atoms with Gasteiger partial charge in [0.05, 0.1) is 12.8 Å². The SMILES string of the molecule is COCCNC(=O)c1cc(Nc2cnccn2)nc(NC(C)c2ccc(F)cc2)c1. The summed E-state index contributed by atoms with van der Waals surface area (Å²) in [6.45, 7) is 2.73. The monoisotopic (exact) mass is 410 g/mol. The number of methoxy groups -OCH3 is 1. The molecule has 0 aliphatic heterocycles. The molecule has 3 aromatic rings. The van der Waals surface area contributed by atoms with Crippen LogP contribution in [0.5, 0.6) is 0 Å². The summed E-state index contributed by atoms with van der Waals surface area (Å²) in [5.41, 5.74) is 1.30. The van der Waals surface area contributed by atoms with Crippen molar-refractivity contribution in [3.63, 3.8) is 0 Å². The van der Waals surface area contributed by atoms with Crippen LogP contribution in [0, 0.1) is 5.82 Å². The topological polar surface area (TPSA) is 101 Å². The molecule has 1 aromatic carbocycles. The summed E-state index contributed by atoms with van der Waals surface area (Å²) >= 11 is 0. The summed E-state index contributed by atoms with van der Waals surface area (Å²) in [6.07, 6.45) is 4.68. The van der Waals surface area contributed by atoms with E-state index in [-0.39, 0.29) is 17.8 Å². The molecule has 0 saturated heterocycles. The maximum absolute atomic E-state index is 13.2. The minimum absolute atomic E-state index is 0.158. The highest BCUT2D eigenvalue weighted by Crippen LogP contribution is 2.22.